The lowest BCUT2D eigenvalue weighted by Gasteiger charge is -2.38. The van der Waals surface area contributed by atoms with Crippen LogP contribution in [0, 0.1) is 35.1 Å². The van der Waals surface area contributed by atoms with E-state index in [-0.39, 0.29) is 40.6 Å². The second-order valence-corrected chi connectivity index (χ2v) is 13.1. The fourth-order valence-corrected chi connectivity index (χ4v) is 8.72. The van der Waals surface area contributed by atoms with E-state index in [1.807, 2.05) is 0 Å². The predicted octanol–water partition coefficient (Wildman–Crippen LogP) is 6.04. The van der Waals surface area contributed by atoms with Crippen LogP contribution in [0.3, 0.4) is 0 Å². The zero-order chi connectivity index (χ0) is 30.2. The maximum Gasteiger partial charge on any atom is 0.255 e. The van der Waals surface area contributed by atoms with Gasteiger partial charge in [-0.25, -0.2) is 26.0 Å². The number of hydrogen-bond donors (Lipinski definition) is 2. The molecule has 1 amide bonds. The topological polar surface area (TPSA) is 105 Å². The first-order chi connectivity index (χ1) is 19.9. The molecule has 2 aliphatic carbocycles. The number of hydrogen-bond acceptors (Lipinski definition) is 6. The molecule has 0 heterocycles. The first kappa shape index (κ1) is 30.0. The van der Waals surface area contributed by atoms with E-state index in [0.717, 1.165) is 6.07 Å². The molecule has 5 rings (SSSR count). The van der Waals surface area contributed by atoms with Crippen LogP contribution in [0.2, 0.25) is 5.02 Å². The second kappa shape index (κ2) is 11.7. The van der Waals surface area contributed by atoms with Crippen molar-refractivity contribution in [3.05, 3.63) is 94.0 Å². The van der Waals surface area contributed by atoms with E-state index in [1.54, 1.807) is 18.2 Å². The Hall–Kier alpha value is -3.48. The highest BCUT2D eigenvalue weighted by atomic mass is 35.5. The average Bonchev–Trinajstić information content (AvgIpc) is 3.23. The van der Waals surface area contributed by atoms with Crippen LogP contribution in [0.5, 0.6) is 0 Å². The lowest BCUT2D eigenvalue weighted by molar-refractivity contribution is 0.0409. The highest BCUT2D eigenvalue weighted by molar-refractivity contribution is 7.92. The normalized spacial score (nSPS) is 23.7. The van der Waals surface area contributed by atoms with Crippen LogP contribution in [0.1, 0.15) is 41.6 Å². The third-order valence-electron chi connectivity index (χ3n) is 7.71. The van der Waals surface area contributed by atoms with Gasteiger partial charge in [0.1, 0.15) is 18.0 Å². The van der Waals surface area contributed by atoms with Crippen LogP contribution in [0.4, 0.5) is 23.2 Å². The quantitative estimate of drug-likeness (QED) is 0.138. The van der Waals surface area contributed by atoms with E-state index in [2.05, 4.69) is 10.5 Å². The lowest BCUT2D eigenvalue weighted by Crippen LogP contribution is -2.47. The van der Waals surface area contributed by atoms with Crippen molar-refractivity contribution in [1.82, 2.24) is 0 Å². The minimum atomic E-state index is -4.10. The van der Waals surface area contributed by atoms with Gasteiger partial charge in [0, 0.05) is 28.9 Å². The summed E-state index contributed by atoms with van der Waals surface area (Å²) in [7, 11) is -4.10. The summed E-state index contributed by atoms with van der Waals surface area (Å²) in [6, 6.07) is 10.8. The molecule has 2 N–H and O–H groups in total. The minimum absolute atomic E-state index is 0.0828. The van der Waals surface area contributed by atoms with Gasteiger partial charge in [-0.3, -0.25) is 4.79 Å². The van der Waals surface area contributed by atoms with Crippen molar-refractivity contribution in [2.45, 2.75) is 48.0 Å². The molecule has 4 atom stereocenters. The largest absolute Gasteiger partial charge is 0.391 e. The molecule has 2 aliphatic rings. The Morgan fingerprint density at radius 2 is 1.67 bits per heavy atom. The smallest absolute Gasteiger partial charge is 0.255 e. The lowest BCUT2D eigenvalue weighted by atomic mass is 9.78. The third-order valence-corrected chi connectivity index (χ3v) is 10.6. The number of fused-ring (bicyclic) bond motifs is 2. The molecule has 3 aromatic rings. The SMILES string of the molecule is O=C(Nc1cc(F)c(F)c(F)c1)c1ccc(Cl)c(S(=O)(=O)[C@H]2C3CC[C@H]2C[C@](O)(/C=N/OCc2ccccc2F)C3)c1. The van der Waals surface area contributed by atoms with Crippen LogP contribution < -0.4 is 5.32 Å². The Kier molecular flexibility index (Phi) is 8.32. The molecule has 42 heavy (non-hydrogen) atoms. The van der Waals surface area contributed by atoms with Crippen molar-refractivity contribution in [3.8, 4) is 0 Å². The molecule has 7 nitrogen and oxygen atoms in total. The summed E-state index contributed by atoms with van der Waals surface area (Å²) < 4.78 is 81.9. The first-order valence-electron chi connectivity index (χ1n) is 13.0. The number of rotatable bonds is 8. The van der Waals surface area contributed by atoms with Gasteiger partial charge in [0.2, 0.25) is 0 Å². The molecule has 0 radical (unpaired) electrons. The highest BCUT2D eigenvalue weighted by Gasteiger charge is 2.54. The number of nitrogens with one attached hydrogen (secondary N) is 1. The molecule has 0 aromatic heterocycles. The van der Waals surface area contributed by atoms with E-state index in [4.69, 9.17) is 16.4 Å². The Labute approximate surface area is 244 Å². The Morgan fingerprint density at radius 3 is 2.31 bits per heavy atom. The summed E-state index contributed by atoms with van der Waals surface area (Å²) in [6.07, 6.45) is 2.44. The van der Waals surface area contributed by atoms with Gasteiger partial charge in [-0.2, -0.15) is 0 Å². The van der Waals surface area contributed by atoms with Crippen molar-refractivity contribution in [2.75, 3.05) is 5.32 Å². The standard InChI is InChI=1S/C29H25ClF4N2O5S/c30-21-8-7-16(28(37)36-20-10-23(32)26(34)24(33)11-20)9-25(21)42(39,40)27-17-5-6-18(27)13-29(38,12-17)15-35-41-14-19-3-1-2-4-22(19)31/h1-4,7-11,15,17-18,27,38H,5-6,12-14H2,(H,36,37)/b35-15+/t17-,18?,27+,29+/m0/s1. The highest BCUT2D eigenvalue weighted by Crippen LogP contribution is 2.51. The first-order valence-corrected chi connectivity index (χ1v) is 14.9. The number of benzene rings is 3. The van der Waals surface area contributed by atoms with Gasteiger partial charge in [0.05, 0.1) is 21.4 Å². The molecule has 2 fully saturated rings. The maximum atomic E-state index is 13.9. The molecule has 13 heteroatoms. The summed E-state index contributed by atoms with van der Waals surface area (Å²) in [5.41, 5.74) is -1.65. The number of nitrogens with zero attached hydrogens (tertiary/aromatic N) is 1. The fourth-order valence-electron chi connectivity index (χ4n) is 5.88. The number of anilines is 1. The molecule has 0 spiro atoms. The van der Waals surface area contributed by atoms with Gasteiger partial charge >= 0.3 is 0 Å². The summed E-state index contributed by atoms with van der Waals surface area (Å²) in [4.78, 5) is 17.7. The Bertz CT molecular complexity index is 1630. The van der Waals surface area contributed by atoms with Crippen LogP contribution >= 0.6 is 11.6 Å². The molecule has 1 unspecified atom stereocenters. The number of carbonyl (C=O) groups is 1. The van der Waals surface area contributed by atoms with E-state index in [1.165, 1.54) is 24.4 Å². The van der Waals surface area contributed by atoms with Gasteiger partial charge < -0.3 is 15.3 Å². The molecule has 2 saturated carbocycles. The van der Waals surface area contributed by atoms with E-state index in [9.17, 15) is 35.9 Å². The van der Waals surface area contributed by atoms with Crippen LogP contribution in [-0.2, 0) is 21.3 Å². The van der Waals surface area contributed by atoms with Gasteiger partial charge in [0.15, 0.2) is 27.3 Å². The van der Waals surface area contributed by atoms with E-state index in [0.29, 0.717) is 30.5 Å². The zero-order valence-corrected chi connectivity index (χ0v) is 23.4. The average molecular weight is 625 g/mol. The fraction of sp³-hybridized carbons (Fsp3) is 0.310. The number of aliphatic hydroxyl groups is 1. The molecule has 0 saturated heterocycles. The van der Waals surface area contributed by atoms with Crippen molar-refractivity contribution in [1.29, 1.82) is 0 Å². The number of halogens is 5. The number of oxime groups is 1. The van der Waals surface area contributed by atoms with E-state index >= 15 is 0 Å². The summed E-state index contributed by atoms with van der Waals surface area (Å²) in [5, 5.41) is 16.2. The van der Waals surface area contributed by atoms with Gasteiger partial charge in [0.25, 0.3) is 5.91 Å². The van der Waals surface area contributed by atoms with Crippen LogP contribution in [0.25, 0.3) is 0 Å². The third kappa shape index (κ3) is 6.02. The maximum absolute atomic E-state index is 13.9. The zero-order valence-electron chi connectivity index (χ0n) is 21.9. The van der Waals surface area contributed by atoms with Gasteiger partial charge in [-0.05, 0) is 61.8 Å². The van der Waals surface area contributed by atoms with E-state index < -0.39 is 61.7 Å². The minimum Gasteiger partial charge on any atom is -0.391 e. The monoisotopic (exact) mass is 624 g/mol. The van der Waals surface area contributed by atoms with Gasteiger partial charge in [-0.1, -0.05) is 35.0 Å². The van der Waals surface area contributed by atoms with Crippen molar-refractivity contribution < 1.29 is 40.7 Å². The predicted molar refractivity (Wildman–Crippen MR) is 147 cm³/mol. The Balaban J connectivity index is 1.31. The number of carbonyl (C=O) groups excluding carboxylic acids is 1. The molecule has 0 aliphatic heterocycles. The van der Waals surface area contributed by atoms with Gasteiger partial charge in [-0.15, -0.1) is 0 Å². The van der Waals surface area contributed by atoms with Crippen molar-refractivity contribution >= 4 is 39.2 Å². The molecule has 222 valence electrons. The second-order valence-electron chi connectivity index (χ2n) is 10.6. The number of sulfone groups is 1. The summed E-state index contributed by atoms with van der Waals surface area (Å²) >= 11 is 6.28. The summed E-state index contributed by atoms with van der Waals surface area (Å²) in [6.45, 7) is -0.142. The number of amides is 1. The molecule has 2 bridgehead atoms. The molecule has 3 aromatic carbocycles. The van der Waals surface area contributed by atoms with Crippen molar-refractivity contribution in [3.63, 3.8) is 0 Å². The molecular weight excluding hydrogens is 600 g/mol. The van der Waals surface area contributed by atoms with Crippen LogP contribution in [0.15, 0.2) is 64.6 Å². The van der Waals surface area contributed by atoms with Crippen molar-refractivity contribution in [2.24, 2.45) is 17.0 Å². The molecular formula is C29H25ClF4N2O5S. The van der Waals surface area contributed by atoms with Crippen LogP contribution in [-0.4, -0.2) is 36.5 Å². The summed E-state index contributed by atoms with van der Waals surface area (Å²) in [5.74, 6) is -6.93. The Morgan fingerprint density at radius 1 is 1.02 bits per heavy atom.